The summed E-state index contributed by atoms with van der Waals surface area (Å²) in [5.41, 5.74) is 3.62. The molecule has 0 heterocycles. The summed E-state index contributed by atoms with van der Waals surface area (Å²) >= 11 is 12.0. The van der Waals surface area contributed by atoms with Crippen molar-refractivity contribution >= 4 is 40.5 Å². The Morgan fingerprint density at radius 3 is 2.37 bits per heavy atom. The van der Waals surface area contributed by atoms with Gasteiger partial charge in [0.1, 0.15) is 0 Å². The van der Waals surface area contributed by atoms with Crippen LogP contribution in [0.25, 0.3) is 0 Å². The maximum Gasteiger partial charge on any atom is 0.262 e. The van der Waals surface area contributed by atoms with Crippen molar-refractivity contribution in [3.8, 4) is 11.5 Å². The van der Waals surface area contributed by atoms with Gasteiger partial charge < -0.3 is 20.1 Å². The van der Waals surface area contributed by atoms with Crippen LogP contribution in [-0.4, -0.2) is 19.6 Å². The summed E-state index contributed by atoms with van der Waals surface area (Å²) in [7, 11) is 1.56. The van der Waals surface area contributed by atoms with E-state index in [1.54, 1.807) is 37.4 Å². The first-order chi connectivity index (χ1) is 14.4. The van der Waals surface area contributed by atoms with Crippen molar-refractivity contribution < 1.29 is 14.3 Å². The van der Waals surface area contributed by atoms with Crippen molar-refractivity contribution in [2.24, 2.45) is 0 Å². The Bertz CT molecular complexity index is 1020. The largest absolute Gasteiger partial charge is 0.493 e. The van der Waals surface area contributed by atoms with Gasteiger partial charge in [-0.25, -0.2) is 0 Å². The number of hydrogen-bond acceptors (Lipinski definition) is 4. The molecule has 2 N–H and O–H groups in total. The highest BCUT2D eigenvalue weighted by atomic mass is 35.5. The van der Waals surface area contributed by atoms with Gasteiger partial charge in [-0.15, -0.1) is 0 Å². The Morgan fingerprint density at radius 2 is 1.67 bits per heavy atom. The molecule has 0 unspecified atom stereocenters. The van der Waals surface area contributed by atoms with Crippen LogP contribution in [0.3, 0.4) is 0 Å². The van der Waals surface area contributed by atoms with Crippen LogP contribution in [0.2, 0.25) is 10.0 Å². The topological polar surface area (TPSA) is 59.6 Å². The standard InChI is InChI=1S/C23H22Cl2N2O3/c1-15-3-7-19(12-20(15)25)26-13-16-4-10-21(22(11-16)29-2)30-14-23(28)27-18-8-5-17(24)6-9-18/h3-12,26H,13-14H2,1-2H3,(H,27,28). The molecule has 0 aliphatic heterocycles. The number of nitrogens with one attached hydrogen (secondary N) is 2. The quantitative estimate of drug-likeness (QED) is 0.451. The molecule has 3 rings (SSSR count). The molecule has 0 aliphatic rings. The van der Waals surface area contributed by atoms with Crippen LogP contribution < -0.4 is 20.1 Å². The number of hydrogen-bond donors (Lipinski definition) is 2. The number of amides is 1. The fraction of sp³-hybridized carbons (Fsp3) is 0.174. The van der Waals surface area contributed by atoms with Gasteiger partial charge >= 0.3 is 0 Å². The first-order valence-electron chi connectivity index (χ1n) is 9.30. The number of carbonyl (C=O) groups excluding carboxylic acids is 1. The van der Waals surface area contributed by atoms with Crippen LogP contribution in [0.4, 0.5) is 11.4 Å². The average Bonchev–Trinajstić information content (AvgIpc) is 2.75. The zero-order valence-electron chi connectivity index (χ0n) is 16.7. The van der Waals surface area contributed by atoms with E-state index < -0.39 is 0 Å². The minimum absolute atomic E-state index is 0.140. The molecule has 0 spiro atoms. The van der Waals surface area contributed by atoms with Gasteiger partial charge in [0.2, 0.25) is 0 Å². The van der Waals surface area contributed by atoms with Crippen molar-refractivity contribution in [1.29, 1.82) is 0 Å². The predicted molar refractivity (Wildman–Crippen MR) is 122 cm³/mol. The second-order valence-corrected chi connectivity index (χ2v) is 7.49. The molecule has 0 fully saturated rings. The van der Waals surface area contributed by atoms with E-state index in [4.69, 9.17) is 32.7 Å². The Balaban J connectivity index is 1.57. The number of aryl methyl sites for hydroxylation is 1. The van der Waals surface area contributed by atoms with E-state index in [0.717, 1.165) is 21.8 Å². The van der Waals surface area contributed by atoms with Crippen molar-refractivity contribution in [3.63, 3.8) is 0 Å². The number of carbonyl (C=O) groups is 1. The summed E-state index contributed by atoms with van der Waals surface area (Å²) < 4.78 is 11.0. The molecule has 0 saturated carbocycles. The first kappa shape index (κ1) is 21.8. The van der Waals surface area contributed by atoms with E-state index in [-0.39, 0.29) is 12.5 Å². The van der Waals surface area contributed by atoms with Gasteiger partial charge in [-0.1, -0.05) is 35.3 Å². The molecule has 156 valence electrons. The summed E-state index contributed by atoms with van der Waals surface area (Å²) in [5, 5.41) is 7.40. The molecule has 0 saturated heterocycles. The third-order valence-corrected chi connectivity index (χ3v) is 5.04. The summed E-state index contributed by atoms with van der Waals surface area (Å²) in [6.07, 6.45) is 0. The van der Waals surface area contributed by atoms with Crippen molar-refractivity contribution in [2.45, 2.75) is 13.5 Å². The second-order valence-electron chi connectivity index (χ2n) is 6.65. The maximum absolute atomic E-state index is 12.1. The highest BCUT2D eigenvalue weighted by molar-refractivity contribution is 6.31. The van der Waals surface area contributed by atoms with Crippen LogP contribution in [-0.2, 0) is 11.3 Å². The highest BCUT2D eigenvalue weighted by Crippen LogP contribution is 2.29. The minimum atomic E-state index is -0.277. The number of ether oxygens (including phenoxy) is 2. The number of methoxy groups -OCH3 is 1. The van der Waals surface area contributed by atoms with Gasteiger partial charge in [-0.2, -0.15) is 0 Å². The van der Waals surface area contributed by atoms with Gasteiger partial charge in [0.15, 0.2) is 18.1 Å². The van der Waals surface area contributed by atoms with E-state index in [0.29, 0.717) is 28.8 Å². The van der Waals surface area contributed by atoms with Crippen molar-refractivity contribution in [3.05, 3.63) is 81.8 Å². The summed E-state index contributed by atoms with van der Waals surface area (Å²) in [6.45, 7) is 2.41. The molecule has 30 heavy (non-hydrogen) atoms. The Kier molecular flexibility index (Phi) is 7.44. The Hall–Kier alpha value is -2.89. The van der Waals surface area contributed by atoms with Crippen LogP contribution in [0.5, 0.6) is 11.5 Å². The van der Waals surface area contributed by atoms with Gasteiger partial charge in [0, 0.05) is 28.0 Å². The molecular weight excluding hydrogens is 423 g/mol. The SMILES string of the molecule is COc1cc(CNc2ccc(C)c(Cl)c2)ccc1OCC(=O)Nc1ccc(Cl)cc1. The van der Waals surface area contributed by atoms with Gasteiger partial charge in [-0.3, -0.25) is 4.79 Å². The predicted octanol–water partition coefficient (Wildman–Crippen LogP) is 5.94. The normalized spacial score (nSPS) is 10.4. The summed E-state index contributed by atoms with van der Waals surface area (Å²) in [4.78, 5) is 12.1. The van der Waals surface area contributed by atoms with Gasteiger partial charge in [0.25, 0.3) is 5.91 Å². The first-order valence-corrected chi connectivity index (χ1v) is 10.1. The number of rotatable bonds is 8. The van der Waals surface area contributed by atoms with E-state index >= 15 is 0 Å². The Morgan fingerprint density at radius 1 is 0.933 bits per heavy atom. The average molecular weight is 445 g/mol. The fourth-order valence-electron chi connectivity index (χ4n) is 2.72. The molecule has 3 aromatic carbocycles. The van der Waals surface area contributed by atoms with Crippen LogP contribution >= 0.6 is 23.2 Å². The van der Waals surface area contributed by atoms with E-state index in [9.17, 15) is 4.79 Å². The Labute approximate surface area is 185 Å². The number of anilines is 2. The van der Waals surface area contributed by atoms with Gasteiger partial charge in [0.05, 0.1) is 7.11 Å². The van der Waals surface area contributed by atoms with E-state index in [1.165, 1.54) is 0 Å². The minimum Gasteiger partial charge on any atom is -0.493 e. The third kappa shape index (κ3) is 6.05. The van der Waals surface area contributed by atoms with Crippen LogP contribution in [0, 0.1) is 6.92 Å². The molecule has 7 heteroatoms. The molecule has 1 amide bonds. The smallest absolute Gasteiger partial charge is 0.262 e. The van der Waals surface area contributed by atoms with E-state index in [2.05, 4.69) is 10.6 Å². The third-order valence-electron chi connectivity index (χ3n) is 4.38. The maximum atomic E-state index is 12.1. The lowest BCUT2D eigenvalue weighted by molar-refractivity contribution is -0.118. The van der Waals surface area contributed by atoms with Crippen LogP contribution in [0.15, 0.2) is 60.7 Å². The molecular formula is C23H22Cl2N2O3. The molecule has 3 aromatic rings. The monoisotopic (exact) mass is 444 g/mol. The number of halogens is 2. The van der Waals surface area contributed by atoms with Gasteiger partial charge in [-0.05, 0) is 66.6 Å². The lowest BCUT2D eigenvalue weighted by Crippen LogP contribution is -2.20. The molecule has 0 bridgehead atoms. The molecule has 0 aliphatic carbocycles. The van der Waals surface area contributed by atoms with Crippen molar-refractivity contribution in [2.75, 3.05) is 24.4 Å². The summed E-state index contributed by atoms with van der Waals surface area (Å²) in [5.74, 6) is 0.766. The lowest BCUT2D eigenvalue weighted by Gasteiger charge is -2.13. The summed E-state index contributed by atoms with van der Waals surface area (Å²) in [6, 6.07) is 18.3. The molecule has 0 atom stereocenters. The zero-order chi connectivity index (χ0) is 21.5. The van der Waals surface area contributed by atoms with Crippen molar-refractivity contribution in [1.82, 2.24) is 0 Å². The van der Waals surface area contributed by atoms with E-state index in [1.807, 2.05) is 37.3 Å². The second kappa shape index (κ2) is 10.2. The zero-order valence-corrected chi connectivity index (χ0v) is 18.2. The fourth-order valence-corrected chi connectivity index (χ4v) is 3.03. The molecule has 0 aromatic heterocycles. The highest BCUT2D eigenvalue weighted by Gasteiger charge is 2.09. The van der Waals surface area contributed by atoms with Crippen LogP contribution in [0.1, 0.15) is 11.1 Å². The molecule has 0 radical (unpaired) electrons. The molecule has 5 nitrogen and oxygen atoms in total. The lowest BCUT2D eigenvalue weighted by atomic mass is 10.2. The number of benzene rings is 3.